The second-order valence-electron chi connectivity index (χ2n) is 5.87. The van der Waals surface area contributed by atoms with Crippen LogP contribution in [0.3, 0.4) is 0 Å². The Morgan fingerprint density at radius 2 is 1.48 bits per heavy atom. The highest BCUT2D eigenvalue weighted by atomic mass is 16.5. The van der Waals surface area contributed by atoms with Crippen LogP contribution >= 0.6 is 0 Å². The smallest absolute Gasteiger partial charge is 0.312 e. The molecule has 1 N–H and O–H groups in total. The molecule has 2 aromatic rings. The van der Waals surface area contributed by atoms with E-state index in [1.165, 1.54) is 5.56 Å². The van der Waals surface area contributed by atoms with Crippen molar-refractivity contribution in [2.24, 2.45) is 5.41 Å². The molecular formula is C18H20O3. The average Bonchev–Trinajstić information content (AvgIpc) is 2.46. The van der Waals surface area contributed by atoms with Crippen LogP contribution in [-0.2, 0) is 4.79 Å². The van der Waals surface area contributed by atoms with Gasteiger partial charge in [-0.3, -0.25) is 4.79 Å². The van der Waals surface area contributed by atoms with Gasteiger partial charge in [0.05, 0.1) is 5.41 Å². The highest BCUT2D eigenvalue weighted by Crippen LogP contribution is 2.24. The standard InChI is InChI=1S/C18H20O3/c1-13-4-6-14(7-5-13)15-8-10-16(11-9-15)21-12-18(2,3)17(19)20/h4-11H,12H2,1-3H3,(H,19,20). The Morgan fingerprint density at radius 1 is 1.00 bits per heavy atom. The number of hydrogen-bond donors (Lipinski definition) is 1. The van der Waals surface area contributed by atoms with Crippen molar-refractivity contribution in [3.05, 3.63) is 54.1 Å². The van der Waals surface area contributed by atoms with Gasteiger partial charge in [0.2, 0.25) is 0 Å². The average molecular weight is 284 g/mol. The summed E-state index contributed by atoms with van der Waals surface area (Å²) in [5, 5.41) is 9.05. The fourth-order valence-electron chi connectivity index (χ4n) is 1.82. The lowest BCUT2D eigenvalue weighted by molar-refractivity contribution is -0.148. The first-order valence-electron chi connectivity index (χ1n) is 6.92. The highest BCUT2D eigenvalue weighted by Gasteiger charge is 2.28. The second-order valence-corrected chi connectivity index (χ2v) is 5.87. The molecule has 3 heteroatoms. The van der Waals surface area contributed by atoms with E-state index in [0.717, 1.165) is 11.1 Å². The minimum atomic E-state index is -0.893. The van der Waals surface area contributed by atoms with Crippen LogP contribution < -0.4 is 4.74 Å². The van der Waals surface area contributed by atoms with E-state index in [2.05, 4.69) is 31.2 Å². The van der Waals surface area contributed by atoms with Crippen LogP contribution in [-0.4, -0.2) is 17.7 Å². The van der Waals surface area contributed by atoms with Gasteiger partial charge in [0.15, 0.2) is 0 Å². The number of benzene rings is 2. The molecule has 0 fully saturated rings. The lowest BCUT2D eigenvalue weighted by Gasteiger charge is -2.19. The van der Waals surface area contributed by atoms with Crippen molar-refractivity contribution >= 4 is 5.97 Å². The first-order chi connectivity index (χ1) is 9.88. The van der Waals surface area contributed by atoms with Crippen molar-refractivity contribution < 1.29 is 14.6 Å². The van der Waals surface area contributed by atoms with Crippen LogP contribution in [0.2, 0.25) is 0 Å². The minimum absolute atomic E-state index is 0.145. The minimum Gasteiger partial charge on any atom is -0.492 e. The number of ether oxygens (including phenoxy) is 1. The van der Waals surface area contributed by atoms with Gasteiger partial charge in [-0.25, -0.2) is 0 Å². The fourth-order valence-corrected chi connectivity index (χ4v) is 1.82. The van der Waals surface area contributed by atoms with Crippen molar-refractivity contribution in [3.63, 3.8) is 0 Å². The Hall–Kier alpha value is -2.29. The van der Waals surface area contributed by atoms with Gasteiger partial charge in [-0.05, 0) is 44.0 Å². The second kappa shape index (κ2) is 6.00. The molecule has 0 saturated carbocycles. The predicted molar refractivity (Wildman–Crippen MR) is 83.5 cm³/mol. The van der Waals surface area contributed by atoms with E-state index in [1.54, 1.807) is 13.8 Å². The molecule has 0 bridgehead atoms. The van der Waals surface area contributed by atoms with Crippen LogP contribution in [0.15, 0.2) is 48.5 Å². The van der Waals surface area contributed by atoms with Gasteiger partial charge in [0.1, 0.15) is 12.4 Å². The molecule has 0 unspecified atom stereocenters. The topological polar surface area (TPSA) is 46.5 Å². The summed E-state index contributed by atoms with van der Waals surface area (Å²) in [6.45, 7) is 5.50. The van der Waals surface area contributed by atoms with Crippen LogP contribution in [0.5, 0.6) is 5.75 Å². The summed E-state index contributed by atoms with van der Waals surface area (Å²) in [6.07, 6.45) is 0. The van der Waals surface area contributed by atoms with Crippen molar-refractivity contribution in [2.45, 2.75) is 20.8 Å². The van der Waals surface area contributed by atoms with Gasteiger partial charge in [0, 0.05) is 0 Å². The molecule has 0 aliphatic carbocycles. The molecule has 0 saturated heterocycles. The molecule has 0 spiro atoms. The van der Waals surface area contributed by atoms with Gasteiger partial charge in [-0.1, -0.05) is 42.0 Å². The van der Waals surface area contributed by atoms with Crippen molar-refractivity contribution in [3.8, 4) is 16.9 Å². The summed E-state index contributed by atoms with van der Waals surface area (Å²) in [4.78, 5) is 11.0. The highest BCUT2D eigenvalue weighted by molar-refractivity contribution is 5.73. The summed E-state index contributed by atoms with van der Waals surface area (Å²) in [5.41, 5.74) is 2.60. The Balaban J connectivity index is 2.06. The Kier molecular flexibility index (Phi) is 4.32. The SMILES string of the molecule is Cc1ccc(-c2ccc(OCC(C)(C)C(=O)O)cc2)cc1. The molecule has 21 heavy (non-hydrogen) atoms. The third kappa shape index (κ3) is 3.85. The Bertz CT molecular complexity index is 610. The molecule has 2 aromatic carbocycles. The fraction of sp³-hybridized carbons (Fsp3) is 0.278. The third-order valence-corrected chi connectivity index (χ3v) is 3.42. The van der Waals surface area contributed by atoms with E-state index in [9.17, 15) is 4.79 Å². The lowest BCUT2D eigenvalue weighted by Crippen LogP contribution is -2.30. The largest absolute Gasteiger partial charge is 0.492 e. The van der Waals surface area contributed by atoms with Gasteiger partial charge >= 0.3 is 5.97 Å². The third-order valence-electron chi connectivity index (χ3n) is 3.42. The molecule has 0 heterocycles. The van der Waals surface area contributed by atoms with Gasteiger partial charge in [-0.15, -0.1) is 0 Å². The van der Waals surface area contributed by atoms with E-state index in [1.807, 2.05) is 24.3 Å². The van der Waals surface area contributed by atoms with Crippen LogP contribution in [0, 0.1) is 12.3 Å². The number of carboxylic acids is 1. The van der Waals surface area contributed by atoms with Crippen LogP contribution in [0.1, 0.15) is 19.4 Å². The normalized spacial score (nSPS) is 11.2. The predicted octanol–water partition coefficient (Wildman–Crippen LogP) is 4.15. The van der Waals surface area contributed by atoms with Gasteiger partial charge in [-0.2, -0.15) is 0 Å². The molecule has 0 aromatic heterocycles. The van der Waals surface area contributed by atoms with E-state index >= 15 is 0 Å². The summed E-state index contributed by atoms with van der Waals surface area (Å²) in [7, 11) is 0. The summed E-state index contributed by atoms with van der Waals surface area (Å²) >= 11 is 0. The number of carbonyl (C=O) groups is 1. The van der Waals surface area contributed by atoms with Crippen molar-refractivity contribution in [1.29, 1.82) is 0 Å². The number of aliphatic carboxylic acids is 1. The Labute approximate surface area is 125 Å². The summed E-state index contributed by atoms with van der Waals surface area (Å²) in [5.74, 6) is -0.182. The molecule has 0 atom stereocenters. The summed E-state index contributed by atoms with van der Waals surface area (Å²) < 4.78 is 5.56. The molecule has 2 rings (SSSR count). The number of rotatable bonds is 5. The maximum absolute atomic E-state index is 11.0. The molecule has 0 aliphatic heterocycles. The molecule has 3 nitrogen and oxygen atoms in total. The van der Waals surface area contributed by atoms with Gasteiger partial charge in [0.25, 0.3) is 0 Å². The van der Waals surface area contributed by atoms with Gasteiger partial charge < -0.3 is 9.84 Å². The van der Waals surface area contributed by atoms with Crippen LogP contribution in [0.25, 0.3) is 11.1 Å². The van der Waals surface area contributed by atoms with E-state index in [0.29, 0.717) is 5.75 Å². The molecule has 0 amide bonds. The molecular weight excluding hydrogens is 264 g/mol. The maximum atomic E-state index is 11.0. The zero-order chi connectivity index (χ0) is 15.5. The molecule has 110 valence electrons. The Morgan fingerprint density at radius 3 is 1.95 bits per heavy atom. The van der Waals surface area contributed by atoms with Crippen molar-refractivity contribution in [1.82, 2.24) is 0 Å². The zero-order valence-electron chi connectivity index (χ0n) is 12.6. The number of hydrogen-bond acceptors (Lipinski definition) is 2. The number of carboxylic acid groups (broad SMARTS) is 1. The monoisotopic (exact) mass is 284 g/mol. The first kappa shape index (κ1) is 15.1. The van der Waals surface area contributed by atoms with Crippen LogP contribution in [0.4, 0.5) is 0 Å². The molecule has 0 radical (unpaired) electrons. The zero-order valence-corrected chi connectivity index (χ0v) is 12.6. The van der Waals surface area contributed by atoms with E-state index in [-0.39, 0.29) is 6.61 Å². The van der Waals surface area contributed by atoms with E-state index < -0.39 is 11.4 Å². The quantitative estimate of drug-likeness (QED) is 0.897. The number of aryl methyl sites for hydroxylation is 1. The van der Waals surface area contributed by atoms with Crippen molar-refractivity contribution in [2.75, 3.05) is 6.61 Å². The summed E-state index contributed by atoms with van der Waals surface area (Å²) in [6, 6.07) is 16.0. The van der Waals surface area contributed by atoms with E-state index in [4.69, 9.17) is 9.84 Å². The maximum Gasteiger partial charge on any atom is 0.312 e. The first-order valence-corrected chi connectivity index (χ1v) is 6.92. The lowest BCUT2D eigenvalue weighted by atomic mass is 9.95. The molecule has 0 aliphatic rings.